The van der Waals surface area contributed by atoms with E-state index in [1.807, 2.05) is 13.0 Å². The first-order chi connectivity index (χ1) is 9.06. The molecule has 0 saturated carbocycles. The third-order valence-electron chi connectivity index (χ3n) is 3.03. The maximum absolute atomic E-state index is 13.1. The van der Waals surface area contributed by atoms with Crippen molar-refractivity contribution in [2.24, 2.45) is 0 Å². The van der Waals surface area contributed by atoms with Crippen LogP contribution in [-0.4, -0.2) is 24.4 Å². The van der Waals surface area contributed by atoms with Gasteiger partial charge in [-0.25, -0.2) is 4.39 Å². The first-order valence-corrected chi connectivity index (χ1v) is 5.86. The summed E-state index contributed by atoms with van der Waals surface area (Å²) >= 11 is 0. The van der Waals surface area contributed by atoms with E-state index in [0.717, 1.165) is 6.07 Å². The Balaban J connectivity index is 2.46. The van der Waals surface area contributed by atoms with Gasteiger partial charge in [0.25, 0.3) is 0 Å². The lowest BCUT2D eigenvalue weighted by molar-refractivity contribution is -0.132. The highest BCUT2D eigenvalue weighted by atomic mass is 19.1. The van der Waals surface area contributed by atoms with Crippen LogP contribution in [-0.2, 0) is 9.59 Å². The summed E-state index contributed by atoms with van der Waals surface area (Å²) < 4.78 is 13.1. The normalized spacial score (nSPS) is 19.0. The van der Waals surface area contributed by atoms with E-state index in [2.05, 4.69) is 5.32 Å². The fourth-order valence-electron chi connectivity index (χ4n) is 2.17. The minimum Gasteiger partial charge on any atom is -0.349 e. The zero-order valence-corrected chi connectivity index (χ0v) is 10.3. The number of imide groups is 1. The van der Waals surface area contributed by atoms with Gasteiger partial charge < -0.3 is 4.90 Å². The fourth-order valence-corrected chi connectivity index (χ4v) is 2.17. The molecule has 1 aliphatic heterocycles. The number of piperazine rings is 1. The monoisotopic (exact) mass is 261 g/mol. The topological polar surface area (TPSA) is 73.2 Å². The van der Waals surface area contributed by atoms with Crippen molar-refractivity contribution in [3.05, 3.63) is 29.6 Å². The lowest BCUT2D eigenvalue weighted by atomic mass is 10.1. The van der Waals surface area contributed by atoms with Gasteiger partial charge in [0.15, 0.2) is 0 Å². The minimum absolute atomic E-state index is 0.0233. The molecule has 1 N–H and O–H groups in total. The average Bonchev–Trinajstić information content (AvgIpc) is 2.37. The summed E-state index contributed by atoms with van der Waals surface area (Å²) in [5, 5.41) is 11.3. The smallest absolute Gasteiger partial charge is 0.249 e. The molecule has 19 heavy (non-hydrogen) atoms. The standard InChI is InChI=1S/C13H12FN3O2/c1-2-10-13(19)16-12(18)7-17(10)11-4-3-9(14)5-8(11)6-15/h3-5,10H,2,7H2,1H3,(H,16,18,19). The van der Waals surface area contributed by atoms with Crippen LogP contribution in [0.4, 0.5) is 10.1 Å². The van der Waals surface area contributed by atoms with Gasteiger partial charge in [0, 0.05) is 0 Å². The fraction of sp³-hybridized carbons (Fsp3) is 0.308. The van der Waals surface area contributed by atoms with Gasteiger partial charge >= 0.3 is 0 Å². The van der Waals surface area contributed by atoms with Crippen molar-refractivity contribution in [3.8, 4) is 6.07 Å². The number of carbonyl (C=O) groups excluding carboxylic acids is 2. The predicted molar refractivity (Wildman–Crippen MR) is 65.7 cm³/mol. The molecule has 1 heterocycles. The lowest BCUT2D eigenvalue weighted by Gasteiger charge is -2.35. The second-order valence-electron chi connectivity index (χ2n) is 4.24. The highest BCUT2D eigenvalue weighted by Crippen LogP contribution is 2.25. The number of amides is 2. The summed E-state index contributed by atoms with van der Waals surface area (Å²) in [5.41, 5.74) is 0.514. The van der Waals surface area contributed by atoms with Gasteiger partial charge in [-0.05, 0) is 24.6 Å². The molecule has 2 amide bonds. The number of carbonyl (C=O) groups is 2. The summed E-state index contributed by atoms with van der Waals surface area (Å²) in [6.45, 7) is 1.78. The number of hydrogen-bond acceptors (Lipinski definition) is 4. The van der Waals surface area contributed by atoms with Crippen molar-refractivity contribution in [1.29, 1.82) is 5.26 Å². The molecule has 0 bridgehead atoms. The third kappa shape index (κ3) is 2.40. The summed E-state index contributed by atoms with van der Waals surface area (Å²) in [4.78, 5) is 24.8. The Morgan fingerprint density at radius 2 is 2.26 bits per heavy atom. The lowest BCUT2D eigenvalue weighted by Crippen LogP contribution is -2.58. The number of hydrogen-bond donors (Lipinski definition) is 1. The van der Waals surface area contributed by atoms with Gasteiger partial charge in [-0.3, -0.25) is 14.9 Å². The van der Waals surface area contributed by atoms with Crippen LogP contribution in [0.2, 0.25) is 0 Å². The largest absolute Gasteiger partial charge is 0.349 e. The van der Waals surface area contributed by atoms with E-state index in [9.17, 15) is 14.0 Å². The molecule has 2 rings (SSSR count). The Hall–Kier alpha value is -2.42. The molecular formula is C13H12FN3O2. The van der Waals surface area contributed by atoms with Crippen LogP contribution in [0, 0.1) is 17.1 Å². The molecule has 1 aromatic carbocycles. The first-order valence-electron chi connectivity index (χ1n) is 5.86. The molecule has 5 nitrogen and oxygen atoms in total. The Bertz CT molecular complexity index is 580. The van der Waals surface area contributed by atoms with E-state index in [-0.39, 0.29) is 12.1 Å². The van der Waals surface area contributed by atoms with Gasteiger partial charge in [0.2, 0.25) is 11.8 Å². The molecular weight excluding hydrogens is 249 g/mol. The number of nitriles is 1. The number of nitrogens with zero attached hydrogens (tertiary/aromatic N) is 2. The number of benzene rings is 1. The molecule has 0 aliphatic carbocycles. The molecule has 0 radical (unpaired) electrons. The third-order valence-corrected chi connectivity index (χ3v) is 3.03. The molecule has 98 valence electrons. The van der Waals surface area contributed by atoms with Crippen molar-refractivity contribution in [3.63, 3.8) is 0 Å². The molecule has 1 aliphatic rings. The van der Waals surface area contributed by atoms with E-state index in [0.29, 0.717) is 12.1 Å². The molecule has 1 aromatic rings. The van der Waals surface area contributed by atoms with E-state index >= 15 is 0 Å². The Morgan fingerprint density at radius 3 is 2.89 bits per heavy atom. The van der Waals surface area contributed by atoms with Crippen molar-refractivity contribution in [2.75, 3.05) is 11.4 Å². The van der Waals surface area contributed by atoms with Crippen LogP contribution in [0.1, 0.15) is 18.9 Å². The Kier molecular flexibility index (Phi) is 3.47. The van der Waals surface area contributed by atoms with Crippen LogP contribution < -0.4 is 10.2 Å². The Labute approximate surface area is 109 Å². The van der Waals surface area contributed by atoms with Crippen molar-refractivity contribution in [1.82, 2.24) is 5.32 Å². The summed E-state index contributed by atoms with van der Waals surface area (Å²) in [7, 11) is 0. The molecule has 6 heteroatoms. The highest BCUT2D eigenvalue weighted by molar-refractivity contribution is 6.04. The Morgan fingerprint density at radius 1 is 1.53 bits per heavy atom. The van der Waals surface area contributed by atoms with Crippen LogP contribution in [0.3, 0.4) is 0 Å². The second kappa shape index (κ2) is 5.06. The number of rotatable bonds is 2. The van der Waals surface area contributed by atoms with Gasteiger partial charge in [-0.1, -0.05) is 6.92 Å². The molecule has 1 unspecified atom stereocenters. The molecule has 1 fully saturated rings. The maximum Gasteiger partial charge on any atom is 0.249 e. The molecule has 1 saturated heterocycles. The van der Waals surface area contributed by atoms with E-state index < -0.39 is 23.7 Å². The average molecular weight is 261 g/mol. The first kappa shape index (κ1) is 13.0. The molecule has 1 atom stereocenters. The van der Waals surface area contributed by atoms with Gasteiger partial charge in [-0.15, -0.1) is 0 Å². The van der Waals surface area contributed by atoms with Crippen LogP contribution in [0.25, 0.3) is 0 Å². The SMILES string of the molecule is CCC1C(=O)NC(=O)CN1c1ccc(F)cc1C#N. The van der Waals surface area contributed by atoms with E-state index in [4.69, 9.17) is 5.26 Å². The summed E-state index contributed by atoms with van der Waals surface area (Å²) in [5.74, 6) is -1.35. The van der Waals surface area contributed by atoms with Gasteiger partial charge in [0.05, 0.1) is 17.8 Å². The quantitative estimate of drug-likeness (QED) is 0.804. The van der Waals surface area contributed by atoms with Gasteiger partial charge in [-0.2, -0.15) is 5.26 Å². The number of anilines is 1. The van der Waals surface area contributed by atoms with Gasteiger partial charge in [0.1, 0.15) is 17.9 Å². The zero-order chi connectivity index (χ0) is 14.0. The predicted octanol–water partition coefficient (Wildman–Crippen LogP) is 0.939. The van der Waals surface area contributed by atoms with Crippen LogP contribution in [0.5, 0.6) is 0 Å². The molecule has 0 spiro atoms. The van der Waals surface area contributed by atoms with E-state index in [1.54, 1.807) is 4.90 Å². The van der Waals surface area contributed by atoms with Crippen molar-refractivity contribution < 1.29 is 14.0 Å². The zero-order valence-electron chi connectivity index (χ0n) is 10.3. The van der Waals surface area contributed by atoms with E-state index in [1.165, 1.54) is 12.1 Å². The summed E-state index contributed by atoms with van der Waals surface area (Å²) in [6, 6.07) is 5.07. The highest BCUT2D eigenvalue weighted by Gasteiger charge is 2.33. The van der Waals surface area contributed by atoms with Crippen LogP contribution >= 0.6 is 0 Å². The van der Waals surface area contributed by atoms with Crippen molar-refractivity contribution in [2.45, 2.75) is 19.4 Å². The number of halogens is 1. The van der Waals surface area contributed by atoms with Crippen molar-refractivity contribution >= 4 is 17.5 Å². The second-order valence-corrected chi connectivity index (χ2v) is 4.24. The maximum atomic E-state index is 13.1. The minimum atomic E-state index is -0.532. The summed E-state index contributed by atoms with van der Waals surface area (Å²) in [6.07, 6.45) is 0.487. The van der Waals surface area contributed by atoms with Crippen LogP contribution in [0.15, 0.2) is 18.2 Å². The number of nitrogens with one attached hydrogen (secondary N) is 1. The molecule has 0 aromatic heterocycles.